The number of nitrogens with zero attached hydrogens (tertiary/aromatic N) is 1. The van der Waals surface area contributed by atoms with Gasteiger partial charge < -0.3 is 15.4 Å². The zero-order valence-corrected chi connectivity index (χ0v) is 17.3. The monoisotopic (exact) mass is 423 g/mol. The Hall–Kier alpha value is -2.96. The highest BCUT2D eigenvalue weighted by molar-refractivity contribution is 6.31. The highest BCUT2D eigenvalue weighted by Gasteiger charge is 2.19. The summed E-state index contributed by atoms with van der Waals surface area (Å²) in [6.45, 7) is 2.96. The largest absolute Gasteiger partial charge is 0.376 e. The summed E-state index contributed by atoms with van der Waals surface area (Å²) in [4.78, 5) is 30.1. The van der Waals surface area contributed by atoms with Crippen molar-refractivity contribution in [2.75, 3.05) is 18.5 Å². The second-order valence-corrected chi connectivity index (χ2v) is 7.74. The molecule has 0 radical (unpaired) electrons. The molecule has 1 aliphatic rings. The van der Waals surface area contributed by atoms with Crippen LogP contribution in [0.25, 0.3) is 10.9 Å². The lowest BCUT2D eigenvalue weighted by Crippen LogP contribution is -2.32. The van der Waals surface area contributed by atoms with E-state index in [1.54, 1.807) is 49.4 Å². The third-order valence-electron chi connectivity index (χ3n) is 5.15. The number of rotatable bonds is 5. The third kappa shape index (κ3) is 4.45. The number of hydrogen-bond donors (Lipinski definition) is 2. The first-order chi connectivity index (χ1) is 14.5. The summed E-state index contributed by atoms with van der Waals surface area (Å²) >= 11 is 6.03. The number of carbonyl (C=O) groups excluding carboxylic acids is 2. The molecule has 4 rings (SSSR count). The van der Waals surface area contributed by atoms with E-state index in [9.17, 15) is 9.59 Å². The zero-order chi connectivity index (χ0) is 21.1. The number of fused-ring (bicyclic) bond motifs is 1. The molecule has 6 nitrogen and oxygen atoms in total. The van der Waals surface area contributed by atoms with Gasteiger partial charge in [-0.1, -0.05) is 29.8 Å². The van der Waals surface area contributed by atoms with E-state index in [2.05, 4.69) is 15.6 Å². The van der Waals surface area contributed by atoms with Gasteiger partial charge in [0.15, 0.2) is 0 Å². The summed E-state index contributed by atoms with van der Waals surface area (Å²) in [6.07, 6.45) is 2.01. The van der Waals surface area contributed by atoms with E-state index in [0.29, 0.717) is 34.1 Å². The fourth-order valence-electron chi connectivity index (χ4n) is 3.55. The van der Waals surface area contributed by atoms with Gasteiger partial charge in [-0.3, -0.25) is 14.6 Å². The smallest absolute Gasteiger partial charge is 0.257 e. The van der Waals surface area contributed by atoms with Gasteiger partial charge in [0, 0.05) is 23.6 Å². The van der Waals surface area contributed by atoms with Gasteiger partial charge in [-0.15, -0.1) is 0 Å². The van der Waals surface area contributed by atoms with Crippen molar-refractivity contribution in [3.05, 3.63) is 70.4 Å². The van der Waals surface area contributed by atoms with Crippen LogP contribution in [-0.4, -0.2) is 36.1 Å². The van der Waals surface area contributed by atoms with Gasteiger partial charge in [-0.05, 0) is 50.1 Å². The second kappa shape index (κ2) is 8.81. The van der Waals surface area contributed by atoms with Crippen molar-refractivity contribution in [2.45, 2.75) is 25.9 Å². The minimum atomic E-state index is -0.323. The molecule has 30 heavy (non-hydrogen) atoms. The number of halogens is 1. The number of benzene rings is 2. The van der Waals surface area contributed by atoms with Crippen LogP contribution in [0.4, 0.5) is 5.69 Å². The van der Waals surface area contributed by atoms with Crippen LogP contribution in [0.3, 0.4) is 0 Å². The zero-order valence-electron chi connectivity index (χ0n) is 16.6. The van der Waals surface area contributed by atoms with Gasteiger partial charge in [0.2, 0.25) is 0 Å². The number of aromatic nitrogens is 1. The molecule has 1 atom stereocenters. The summed E-state index contributed by atoms with van der Waals surface area (Å²) in [6, 6.07) is 14.1. The normalized spacial score (nSPS) is 15.9. The number of aryl methyl sites for hydroxylation is 1. The molecule has 2 heterocycles. The van der Waals surface area contributed by atoms with Gasteiger partial charge in [0.05, 0.1) is 34.1 Å². The highest BCUT2D eigenvalue weighted by Crippen LogP contribution is 2.22. The van der Waals surface area contributed by atoms with Crippen LogP contribution in [0.2, 0.25) is 5.02 Å². The average Bonchev–Trinajstić information content (AvgIpc) is 3.25. The van der Waals surface area contributed by atoms with Gasteiger partial charge >= 0.3 is 0 Å². The number of ether oxygens (including phenoxy) is 1. The molecule has 2 aromatic carbocycles. The standard InChI is InChI=1S/C23H22ClN3O3/c1-14-19(11-15-8-9-16(24)12-21(15)26-14)23(29)27-20-7-3-2-6-18(20)22(28)25-13-17-5-4-10-30-17/h2-3,6-9,11-12,17H,4-5,10,13H2,1H3,(H,25,28)(H,27,29)/t17-/m0/s1. The van der Waals surface area contributed by atoms with Gasteiger partial charge in [0.1, 0.15) is 0 Å². The molecule has 1 aliphatic heterocycles. The SMILES string of the molecule is Cc1nc2cc(Cl)ccc2cc1C(=O)Nc1ccccc1C(=O)NC[C@@H]1CCCO1. The summed E-state index contributed by atoms with van der Waals surface area (Å²) in [5.41, 5.74) is 2.61. The Kier molecular flexibility index (Phi) is 5.97. The predicted molar refractivity (Wildman–Crippen MR) is 117 cm³/mol. The maximum Gasteiger partial charge on any atom is 0.257 e. The Labute approximate surface area is 179 Å². The molecule has 154 valence electrons. The number of nitrogens with one attached hydrogen (secondary N) is 2. The molecule has 1 aromatic heterocycles. The van der Waals surface area contributed by atoms with Crippen molar-refractivity contribution in [1.82, 2.24) is 10.3 Å². The summed E-state index contributed by atoms with van der Waals surface area (Å²) in [5, 5.41) is 7.16. The van der Waals surface area contributed by atoms with Crippen LogP contribution in [-0.2, 0) is 4.74 Å². The maximum absolute atomic E-state index is 13.0. The lowest BCUT2D eigenvalue weighted by Gasteiger charge is -2.14. The Morgan fingerprint density at radius 3 is 2.77 bits per heavy atom. The van der Waals surface area contributed by atoms with Gasteiger partial charge in [-0.2, -0.15) is 0 Å². The molecule has 0 spiro atoms. The second-order valence-electron chi connectivity index (χ2n) is 7.30. The molecule has 3 aromatic rings. The molecule has 0 bridgehead atoms. The van der Waals surface area contributed by atoms with Crippen LogP contribution in [0, 0.1) is 6.92 Å². The van der Waals surface area contributed by atoms with Crippen molar-refractivity contribution >= 4 is 40.0 Å². The molecule has 1 fully saturated rings. The molecule has 2 N–H and O–H groups in total. The summed E-state index contributed by atoms with van der Waals surface area (Å²) < 4.78 is 5.55. The minimum Gasteiger partial charge on any atom is -0.376 e. The molecule has 2 amide bonds. The van der Waals surface area contributed by atoms with E-state index >= 15 is 0 Å². The third-order valence-corrected chi connectivity index (χ3v) is 5.38. The first kappa shape index (κ1) is 20.3. The lowest BCUT2D eigenvalue weighted by atomic mass is 10.1. The van der Waals surface area contributed by atoms with Crippen LogP contribution >= 0.6 is 11.6 Å². The first-order valence-electron chi connectivity index (χ1n) is 9.88. The number of anilines is 1. The van der Waals surface area contributed by atoms with Crippen molar-refractivity contribution < 1.29 is 14.3 Å². The van der Waals surface area contributed by atoms with Crippen molar-refractivity contribution in [1.29, 1.82) is 0 Å². The van der Waals surface area contributed by atoms with E-state index in [1.807, 2.05) is 6.07 Å². The number of para-hydroxylation sites is 1. The van der Waals surface area contributed by atoms with Crippen molar-refractivity contribution in [3.8, 4) is 0 Å². The number of hydrogen-bond acceptors (Lipinski definition) is 4. The van der Waals surface area contributed by atoms with E-state index in [1.165, 1.54) is 0 Å². The van der Waals surface area contributed by atoms with E-state index in [4.69, 9.17) is 16.3 Å². The van der Waals surface area contributed by atoms with Crippen LogP contribution < -0.4 is 10.6 Å². The Balaban J connectivity index is 1.53. The molecule has 0 aliphatic carbocycles. The molecular formula is C23H22ClN3O3. The predicted octanol–water partition coefficient (Wildman–Crippen LogP) is 4.36. The highest BCUT2D eigenvalue weighted by atomic mass is 35.5. The fourth-order valence-corrected chi connectivity index (χ4v) is 3.72. The Morgan fingerprint density at radius 1 is 1.13 bits per heavy atom. The topological polar surface area (TPSA) is 80.3 Å². The summed E-state index contributed by atoms with van der Waals surface area (Å²) in [7, 11) is 0. The molecule has 0 saturated carbocycles. The Bertz CT molecular complexity index is 1110. The van der Waals surface area contributed by atoms with Crippen LogP contribution in [0.5, 0.6) is 0 Å². The fraction of sp³-hybridized carbons (Fsp3) is 0.261. The van der Waals surface area contributed by atoms with Crippen molar-refractivity contribution in [3.63, 3.8) is 0 Å². The van der Waals surface area contributed by atoms with E-state index in [0.717, 1.165) is 30.4 Å². The van der Waals surface area contributed by atoms with Crippen LogP contribution in [0.15, 0.2) is 48.5 Å². The van der Waals surface area contributed by atoms with Crippen LogP contribution in [0.1, 0.15) is 39.3 Å². The molecule has 1 saturated heterocycles. The summed E-state index contributed by atoms with van der Waals surface area (Å²) in [5.74, 6) is -0.569. The Morgan fingerprint density at radius 2 is 1.97 bits per heavy atom. The number of pyridine rings is 1. The average molecular weight is 424 g/mol. The number of carbonyl (C=O) groups is 2. The lowest BCUT2D eigenvalue weighted by molar-refractivity contribution is 0.0858. The first-order valence-corrected chi connectivity index (χ1v) is 10.3. The molecule has 0 unspecified atom stereocenters. The van der Waals surface area contributed by atoms with E-state index in [-0.39, 0.29) is 17.9 Å². The molecule has 7 heteroatoms. The molecular weight excluding hydrogens is 402 g/mol. The number of amides is 2. The van der Waals surface area contributed by atoms with E-state index < -0.39 is 0 Å². The van der Waals surface area contributed by atoms with Gasteiger partial charge in [0.25, 0.3) is 11.8 Å². The minimum absolute atomic E-state index is 0.0514. The quantitative estimate of drug-likeness (QED) is 0.639. The van der Waals surface area contributed by atoms with Crippen molar-refractivity contribution in [2.24, 2.45) is 0 Å². The van der Waals surface area contributed by atoms with Gasteiger partial charge in [-0.25, -0.2) is 0 Å². The maximum atomic E-state index is 13.0.